The first-order valence-corrected chi connectivity index (χ1v) is 3.43. The number of halogens is 1. The molecule has 0 nitrogen and oxygen atoms in total. The van der Waals surface area contributed by atoms with Crippen LogP contribution in [0.2, 0.25) is 0 Å². The molecular weight excluding hydrogens is 207 g/mol. The molecule has 12 heavy (non-hydrogen) atoms. The normalized spacial score (nSPS) is 14.7. The van der Waals surface area contributed by atoms with Crippen molar-refractivity contribution in [3.05, 3.63) is 48.6 Å². The van der Waals surface area contributed by atoms with Crippen LogP contribution in [0.25, 0.3) is 0 Å². The Morgan fingerprint density at radius 1 is 0.833 bits per heavy atom. The van der Waals surface area contributed by atoms with E-state index in [9.17, 15) is 0 Å². The molecule has 2 aliphatic carbocycles. The Kier molecular flexibility index (Phi) is 13.0. The molecular formula is C10H10ClV-3. The van der Waals surface area contributed by atoms with Gasteiger partial charge >= 0.3 is 0 Å². The summed E-state index contributed by atoms with van der Waals surface area (Å²) in [6.07, 6.45) is 20.0. The van der Waals surface area contributed by atoms with E-state index in [4.69, 9.17) is 0 Å². The topological polar surface area (TPSA) is 0 Å². The van der Waals surface area contributed by atoms with Gasteiger partial charge in [0.05, 0.1) is 0 Å². The first kappa shape index (κ1) is 14.4. The number of hydrogen-bond donors (Lipinski definition) is 0. The second-order valence-electron chi connectivity index (χ2n) is 2.01. The van der Waals surface area contributed by atoms with Gasteiger partial charge in [-0.15, -0.1) is 12.8 Å². The summed E-state index contributed by atoms with van der Waals surface area (Å²) in [5.74, 6) is 0. The largest absolute Gasteiger partial charge is 1.00 e. The van der Waals surface area contributed by atoms with E-state index < -0.39 is 0 Å². The van der Waals surface area contributed by atoms with Gasteiger partial charge in [0, 0.05) is 18.6 Å². The van der Waals surface area contributed by atoms with Gasteiger partial charge in [-0.05, 0) is 0 Å². The van der Waals surface area contributed by atoms with Crippen LogP contribution >= 0.6 is 0 Å². The molecule has 0 aromatic carbocycles. The van der Waals surface area contributed by atoms with Crippen LogP contribution in [0.4, 0.5) is 0 Å². The van der Waals surface area contributed by atoms with E-state index in [1.54, 1.807) is 0 Å². The molecule has 0 atom stereocenters. The van der Waals surface area contributed by atoms with Crippen LogP contribution in [0.15, 0.2) is 36.5 Å². The summed E-state index contributed by atoms with van der Waals surface area (Å²) in [5, 5.41) is 0. The van der Waals surface area contributed by atoms with E-state index in [1.165, 1.54) is 0 Å². The smallest absolute Gasteiger partial charge is 0 e. The molecule has 0 aromatic rings. The monoisotopic (exact) mass is 216 g/mol. The standard InChI is InChI=1S/2C5H5.ClH.V/c2*1-2-4-5-3-1;;/h2*1-3H,4H2;1H;/q2*-1;;/p-1. The predicted octanol–water partition coefficient (Wildman–Crippen LogP) is -0.387. The van der Waals surface area contributed by atoms with Crippen molar-refractivity contribution in [2.24, 2.45) is 0 Å². The zero-order valence-corrected chi connectivity index (χ0v) is 8.86. The summed E-state index contributed by atoms with van der Waals surface area (Å²) in [7, 11) is 0. The van der Waals surface area contributed by atoms with Crippen molar-refractivity contribution in [2.75, 3.05) is 0 Å². The quantitative estimate of drug-likeness (QED) is 0.484. The molecule has 1 radical (unpaired) electrons. The van der Waals surface area contributed by atoms with Gasteiger partial charge < -0.3 is 12.4 Å². The third-order valence-electron chi connectivity index (χ3n) is 1.17. The van der Waals surface area contributed by atoms with E-state index in [-0.39, 0.29) is 31.0 Å². The SMILES string of the molecule is [C-]1=CC=CC1.[C-]1=CC=CC1.[Cl-].[V]. The molecule has 0 heterocycles. The zero-order valence-electron chi connectivity index (χ0n) is 6.70. The molecule has 0 N–H and O–H groups in total. The van der Waals surface area contributed by atoms with Crippen LogP contribution in [0, 0.1) is 12.2 Å². The van der Waals surface area contributed by atoms with Gasteiger partial charge in [0.2, 0.25) is 0 Å². The summed E-state index contributed by atoms with van der Waals surface area (Å²) in [6, 6.07) is 0. The van der Waals surface area contributed by atoms with Crippen LogP contribution < -0.4 is 12.4 Å². The molecule has 2 rings (SSSR count). The zero-order chi connectivity index (χ0) is 7.07. The fraction of sp³-hybridized carbons (Fsp3) is 0.200. The average Bonchev–Trinajstić information content (AvgIpc) is 2.67. The predicted molar refractivity (Wildman–Crippen MR) is 43.1 cm³/mol. The van der Waals surface area contributed by atoms with Crippen LogP contribution in [-0.4, -0.2) is 0 Å². The summed E-state index contributed by atoms with van der Waals surface area (Å²) in [4.78, 5) is 0. The molecule has 0 aliphatic heterocycles. The molecule has 0 amide bonds. The fourth-order valence-electron chi connectivity index (χ4n) is 0.680. The van der Waals surface area contributed by atoms with Crippen molar-refractivity contribution < 1.29 is 31.0 Å². The van der Waals surface area contributed by atoms with Crippen LogP contribution in [0.5, 0.6) is 0 Å². The Labute approximate surface area is 92.4 Å². The molecule has 0 bridgehead atoms. The van der Waals surface area contributed by atoms with Crippen molar-refractivity contribution in [1.82, 2.24) is 0 Å². The molecule has 65 valence electrons. The molecule has 0 saturated heterocycles. The van der Waals surface area contributed by atoms with Gasteiger partial charge in [0.25, 0.3) is 0 Å². The minimum absolute atomic E-state index is 0. The third-order valence-corrected chi connectivity index (χ3v) is 1.17. The van der Waals surface area contributed by atoms with Gasteiger partial charge in [-0.2, -0.15) is 12.2 Å². The van der Waals surface area contributed by atoms with Gasteiger partial charge in [-0.1, -0.05) is 0 Å². The Hall–Kier alpha value is -0.166. The maximum Gasteiger partial charge on any atom is 0 e. The molecule has 0 unspecified atom stereocenters. The minimum Gasteiger partial charge on any atom is -1.00 e. The van der Waals surface area contributed by atoms with Crippen molar-refractivity contribution >= 4 is 0 Å². The van der Waals surface area contributed by atoms with E-state index in [0.717, 1.165) is 12.8 Å². The Morgan fingerprint density at radius 3 is 1.33 bits per heavy atom. The average molecular weight is 217 g/mol. The Balaban J connectivity index is 0. The summed E-state index contributed by atoms with van der Waals surface area (Å²) in [6.45, 7) is 0. The van der Waals surface area contributed by atoms with Crippen molar-refractivity contribution in [2.45, 2.75) is 12.8 Å². The Bertz CT molecular complexity index is 148. The molecule has 0 aromatic heterocycles. The molecule has 0 spiro atoms. The summed E-state index contributed by atoms with van der Waals surface area (Å²) < 4.78 is 0. The van der Waals surface area contributed by atoms with Gasteiger partial charge in [-0.3, -0.25) is 12.2 Å². The van der Waals surface area contributed by atoms with Crippen molar-refractivity contribution in [1.29, 1.82) is 0 Å². The van der Waals surface area contributed by atoms with Crippen LogP contribution in [0.3, 0.4) is 0 Å². The fourth-order valence-corrected chi connectivity index (χ4v) is 0.680. The van der Waals surface area contributed by atoms with E-state index in [1.807, 2.05) is 24.3 Å². The number of hydrogen-bond acceptors (Lipinski definition) is 0. The first-order chi connectivity index (χ1) is 5.00. The molecule has 2 heteroatoms. The number of rotatable bonds is 0. The summed E-state index contributed by atoms with van der Waals surface area (Å²) in [5.41, 5.74) is 0. The molecule has 0 fully saturated rings. The molecule has 2 aliphatic rings. The first-order valence-electron chi connectivity index (χ1n) is 3.43. The summed E-state index contributed by atoms with van der Waals surface area (Å²) >= 11 is 0. The molecule has 0 saturated carbocycles. The van der Waals surface area contributed by atoms with Crippen molar-refractivity contribution in [3.8, 4) is 0 Å². The Morgan fingerprint density at radius 2 is 1.25 bits per heavy atom. The van der Waals surface area contributed by atoms with E-state index in [2.05, 4.69) is 24.3 Å². The van der Waals surface area contributed by atoms with E-state index in [0.29, 0.717) is 0 Å². The van der Waals surface area contributed by atoms with Crippen LogP contribution in [0.1, 0.15) is 12.8 Å². The second kappa shape index (κ2) is 10.8. The van der Waals surface area contributed by atoms with E-state index >= 15 is 0 Å². The van der Waals surface area contributed by atoms with Gasteiger partial charge in [-0.25, -0.2) is 24.3 Å². The van der Waals surface area contributed by atoms with Crippen molar-refractivity contribution in [3.63, 3.8) is 0 Å². The third kappa shape index (κ3) is 7.94. The van der Waals surface area contributed by atoms with Gasteiger partial charge in [0.15, 0.2) is 0 Å². The second-order valence-corrected chi connectivity index (χ2v) is 2.01. The van der Waals surface area contributed by atoms with Crippen LogP contribution in [-0.2, 0) is 18.6 Å². The maximum atomic E-state index is 2.99. The van der Waals surface area contributed by atoms with Gasteiger partial charge in [0.1, 0.15) is 0 Å². The number of allylic oxidation sites excluding steroid dienone is 8. The minimum atomic E-state index is 0. The maximum absolute atomic E-state index is 2.99.